The van der Waals surface area contributed by atoms with Crippen LogP contribution < -0.4 is 5.73 Å². The molecule has 2 rings (SSSR count). The Morgan fingerprint density at radius 3 is 2.87 bits per heavy atom. The topological polar surface area (TPSA) is 38.4 Å². The summed E-state index contributed by atoms with van der Waals surface area (Å²) in [7, 11) is 0. The van der Waals surface area contributed by atoms with E-state index in [1.54, 1.807) is 11.8 Å². The first kappa shape index (κ1) is 10.6. The Kier molecular flexibility index (Phi) is 3.31. The Bertz CT molecular complexity index is 370. The minimum Gasteiger partial charge on any atom is -0.387 e. The highest BCUT2D eigenvalue weighted by atomic mass is 32.2. The number of nitrogens with two attached hydrogens (primary N) is 1. The third kappa shape index (κ3) is 3.27. The quantitative estimate of drug-likeness (QED) is 0.481. The summed E-state index contributed by atoms with van der Waals surface area (Å²) in [5.74, 6) is 1.59. The SMILES string of the molecule is Cc1ccccc1SCC(N)=NC1CC1. The second kappa shape index (κ2) is 4.71. The van der Waals surface area contributed by atoms with Crippen molar-refractivity contribution < 1.29 is 0 Å². The normalized spacial score (nSPS) is 16.7. The molecule has 0 spiro atoms. The maximum atomic E-state index is 5.84. The van der Waals surface area contributed by atoms with E-state index in [1.165, 1.54) is 23.3 Å². The third-order valence-corrected chi connectivity index (χ3v) is 3.57. The third-order valence-electron chi connectivity index (χ3n) is 2.36. The molecule has 0 unspecified atom stereocenters. The molecule has 2 nitrogen and oxygen atoms in total. The van der Waals surface area contributed by atoms with Crippen molar-refractivity contribution in [1.82, 2.24) is 0 Å². The first-order chi connectivity index (χ1) is 7.25. The lowest BCUT2D eigenvalue weighted by Gasteiger charge is -2.04. The number of amidine groups is 1. The van der Waals surface area contributed by atoms with Gasteiger partial charge in [0.1, 0.15) is 5.84 Å². The zero-order chi connectivity index (χ0) is 10.7. The molecule has 3 heteroatoms. The van der Waals surface area contributed by atoms with E-state index in [0.29, 0.717) is 6.04 Å². The molecule has 0 aliphatic heterocycles. The van der Waals surface area contributed by atoms with Crippen LogP contribution in [0.15, 0.2) is 34.2 Å². The molecule has 1 aliphatic carbocycles. The molecule has 15 heavy (non-hydrogen) atoms. The van der Waals surface area contributed by atoms with Gasteiger partial charge in [0.05, 0.1) is 11.8 Å². The number of hydrogen-bond acceptors (Lipinski definition) is 2. The van der Waals surface area contributed by atoms with Crippen LogP contribution in [0.5, 0.6) is 0 Å². The van der Waals surface area contributed by atoms with Crippen LogP contribution in [0.3, 0.4) is 0 Å². The number of nitrogens with zero attached hydrogens (tertiary/aromatic N) is 1. The minimum absolute atomic E-state index is 0.530. The lowest BCUT2D eigenvalue weighted by Crippen LogP contribution is -2.15. The first-order valence-corrected chi connectivity index (χ1v) is 6.25. The smallest absolute Gasteiger partial charge is 0.104 e. The average Bonchev–Trinajstić information content (AvgIpc) is 3.00. The summed E-state index contributed by atoms with van der Waals surface area (Å²) in [6.07, 6.45) is 2.44. The lowest BCUT2D eigenvalue weighted by molar-refractivity contribution is 1.06. The van der Waals surface area contributed by atoms with Crippen LogP contribution in [0.2, 0.25) is 0 Å². The molecule has 1 saturated carbocycles. The van der Waals surface area contributed by atoms with Crippen LogP contribution >= 0.6 is 11.8 Å². The Balaban J connectivity index is 1.89. The van der Waals surface area contributed by atoms with Crippen molar-refractivity contribution in [3.8, 4) is 0 Å². The minimum atomic E-state index is 0.530. The molecule has 0 bridgehead atoms. The summed E-state index contributed by atoms with van der Waals surface area (Å²) in [6.45, 7) is 2.12. The molecule has 1 aromatic rings. The van der Waals surface area contributed by atoms with Crippen LogP contribution in [0.1, 0.15) is 18.4 Å². The molecule has 2 N–H and O–H groups in total. The van der Waals surface area contributed by atoms with Crippen molar-refractivity contribution in [2.24, 2.45) is 10.7 Å². The monoisotopic (exact) mass is 220 g/mol. The highest BCUT2D eigenvalue weighted by molar-refractivity contribution is 8.00. The summed E-state index contributed by atoms with van der Waals surface area (Å²) in [4.78, 5) is 5.70. The van der Waals surface area contributed by atoms with Crippen LogP contribution in [0.4, 0.5) is 0 Å². The van der Waals surface area contributed by atoms with Gasteiger partial charge < -0.3 is 5.73 Å². The van der Waals surface area contributed by atoms with Crippen molar-refractivity contribution in [2.75, 3.05) is 5.75 Å². The Morgan fingerprint density at radius 1 is 1.47 bits per heavy atom. The van der Waals surface area contributed by atoms with E-state index in [0.717, 1.165) is 11.6 Å². The Labute approximate surface area is 95.0 Å². The van der Waals surface area contributed by atoms with E-state index in [9.17, 15) is 0 Å². The number of thioether (sulfide) groups is 1. The molecular formula is C12H16N2S. The molecule has 0 aromatic heterocycles. The second-order valence-corrected chi connectivity index (χ2v) is 4.92. The molecule has 0 atom stereocenters. The van der Waals surface area contributed by atoms with Gasteiger partial charge in [0.25, 0.3) is 0 Å². The predicted molar refractivity (Wildman–Crippen MR) is 66.5 cm³/mol. The highest BCUT2D eigenvalue weighted by Gasteiger charge is 2.20. The fourth-order valence-electron chi connectivity index (χ4n) is 1.35. The standard InChI is InChI=1S/C12H16N2S/c1-9-4-2-3-5-11(9)15-8-12(13)14-10-6-7-10/h2-5,10H,6-8H2,1H3,(H2,13,14). The zero-order valence-corrected chi connectivity index (χ0v) is 9.76. The number of aryl methyl sites for hydroxylation is 1. The molecule has 80 valence electrons. The van der Waals surface area contributed by atoms with Gasteiger partial charge >= 0.3 is 0 Å². The van der Waals surface area contributed by atoms with Crippen molar-refractivity contribution in [3.63, 3.8) is 0 Å². The fraction of sp³-hybridized carbons (Fsp3) is 0.417. The van der Waals surface area contributed by atoms with E-state index in [4.69, 9.17) is 5.73 Å². The maximum Gasteiger partial charge on any atom is 0.104 e. The van der Waals surface area contributed by atoms with Crippen LogP contribution in [0, 0.1) is 6.92 Å². The molecule has 1 aliphatic rings. The largest absolute Gasteiger partial charge is 0.387 e. The van der Waals surface area contributed by atoms with Crippen molar-refractivity contribution in [1.29, 1.82) is 0 Å². The summed E-state index contributed by atoms with van der Waals surface area (Å²) in [5.41, 5.74) is 7.15. The summed E-state index contributed by atoms with van der Waals surface area (Å²) < 4.78 is 0. The van der Waals surface area contributed by atoms with Gasteiger partial charge in [0, 0.05) is 4.90 Å². The highest BCUT2D eigenvalue weighted by Crippen LogP contribution is 2.25. The van der Waals surface area contributed by atoms with Crippen LogP contribution in [-0.4, -0.2) is 17.6 Å². The van der Waals surface area contributed by atoms with Crippen LogP contribution in [0.25, 0.3) is 0 Å². The summed E-state index contributed by atoms with van der Waals surface area (Å²) >= 11 is 1.77. The van der Waals surface area contributed by atoms with Crippen molar-refractivity contribution in [3.05, 3.63) is 29.8 Å². The number of benzene rings is 1. The molecular weight excluding hydrogens is 204 g/mol. The van der Waals surface area contributed by atoms with Crippen molar-refractivity contribution >= 4 is 17.6 Å². The van der Waals surface area contributed by atoms with Gasteiger partial charge in [-0.25, -0.2) is 0 Å². The van der Waals surface area contributed by atoms with Gasteiger partial charge in [0.15, 0.2) is 0 Å². The number of aliphatic imine (C=N–C) groups is 1. The van der Waals surface area contributed by atoms with E-state index in [1.807, 2.05) is 0 Å². The molecule has 0 heterocycles. The van der Waals surface area contributed by atoms with Gasteiger partial charge in [-0.05, 0) is 31.4 Å². The van der Waals surface area contributed by atoms with Gasteiger partial charge in [-0.3, -0.25) is 4.99 Å². The maximum absolute atomic E-state index is 5.84. The Morgan fingerprint density at radius 2 is 2.20 bits per heavy atom. The predicted octanol–water partition coefficient (Wildman–Crippen LogP) is 2.61. The van der Waals surface area contributed by atoms with E-state index in [-0.39, 0.29) is 0 Å². The van der Waals surface area contributed by atoms with Gasteiger partial charge in [-0.1, -0.05) is 18.2 Å². The number of hydrogen-bond donors (Lipinski definition) is 1. The van der Waals surface area contributed by atoms with Crippen molar-refractivity contribution in [2.45, 2.75) is 30.7 Å². The van der Waals surface area contributed by atoms with Gasteiger partial charge in [-0.15, -0.1) is 11.8 Å². The van der Waals surface area contributed by atoms with E-state index in [2.05, 4.69) is 36.2 Å². The average molecular weight is 220 g/mol. The molecule has 0 radical (unpaired) electrons. The summed E-state index contributed by atoms with van der Waals surface area (Å²) in [5, 5.41) is 0. The first-order valence-electron chi connectivity index (χ1n) is 5.26. The Hall–Kier alpha value is -0.960. The van der Waals surface area contributed by atoms with Gasteiger partial charge in [-0.2, -0.15) is 0 Å². The van der Waals surface area contributed by atoms with E-state index >= 15 is 0 Å². The summed E-state index contributed by atoms with van der Waals surface area (Å²) in [6, 6.07) is 8.90. The van der Waals surface area contributed by atoms with Crippen LogP contribution in [-0.2, 0) is 0 Å². The van der Waals surface area contributed by atoms with E-state index < -0.39 is 0 Å². The zero-order valence-electron chi connectivity index (χ0n) is 8.94. The fourth-order valence-corrected chi connectivity index (χ4v) is 2.19. The molecule has 0 saturated heterocycles. The number of rotatable bonds is 4. The second-order valence-electron chi connectivity index (χ2n) is 3.91. The van der Waals surface area contributed by atoms with Gasteiger partial charge in [0.2, 0.25) is 0 Å². The molecule has 0 amide bonds. The molecule has 1 fully saturated rings. The molecule has 1 aromatic carbocycles. The lowest BCUT2D eigenvalue weighted by atomic mass is 10.2.